The number of nitrogens with zero attached hydrogens (tertiary/aromatic N) is 4. The van der Waals surface area contributed by atoms with Crippen molar-refractivity contribution >= 4 is 29.3 Å². The molecule has 0 bridgehead atoms. The van der Waals surface area contributed by atoms with Crippen LogP contribution in [0.25, 0.3) is 11.0 Å². The number of aromatic nitrogens is 3. The fourth-order valence-electron chi connectivity index (χ4n) is 3.91. The number of nitrogens with one attached hydrogen (secondary N) is 2. The molecule has 0 spiro atoms. The average molecular weight is 386 g/mol. The molecule has 3 N–H and O–H groups in total. The van der Waals surface area contributed by atoms with Crippen LogP contribution in [0.4, 0.5) is 5.95 Å². The van der Waals surface area contributed by atoms with Crippen LogP contribution in [0.15, 0.2) is 18.2 Å². The summed E-state index contributed by atoms with van der Waals surface area (Å²) in [5, 5.41) is 18.2. The molecule has 0 saturated heterocycles. The molecule has 1 aliphatic carbocycles. The van der Waals surface area contributed by atoms with Crippen molar-refractivity contribution in [1.29, 1.82) is 0 Å². The minimum Gasteiger partial charge on any atom is -0.286 e. The third kappa shape index (κ3) is 4.72. The fourth-order valence-corrected chi connectivity index (χ4v) is 3.91. The third-order valence-corrected chi connectivity index (χ3v) is 5.43. The van der Waals surface area contributed by atoms with Gasteiger partial charge in [-0.25, -0.2) is 10.0 Å². The van der Waals surface area contributed by atoms with E-state index in [2.05, 4.69) is 33.0 Å². The molecule has 1 unspecified atom stereocenters. The van der Waals surface area contributed by atoms with Crippen molar-refractivity contribution in [2.24, 2.45) is 11.3 Å². The largest absolute Gasteiger partial charge is 0.286 e. The minimum atomic E-state index is -0.555. The van der Waals surface area contributed by atoms with Gasteiger partial charge in [-0.3, -0.25) is 25.6 Å². The number of amides is 2. The van der Waals surface area contributed by atoms with E-state index in [1.165, 1.54) is 0 Å². The Morgan fingerprint density at radius 1 is 1.36 bits per heavy atom. The Morgan fingerprint density at radius 2 is 2.11 bits per heavy atom. The van der Waals surface area contributed by atoms with E-state index < -0.39 is 5.92 Å². The molecule has 1 atom stereocenters. The Bertz CT molecular complexity index is 853. The van der Waals surface area contributed by atoms with Crippen molar-refractivity contribution in [2.75, 3.05) is 12.0 Å². The van der Waals surface area contributed by atoms with Gasteiger partial charge in [0.15, 0.2) is 0 Å². The van der Waals surface area contributed by atoms with Gasteiger partial charge in [0.25, 0.3) is 5.95 Å². The zero-order chi connectivity index (χ0) is 20.1. The zero-order valence-electron chi connectivity index (χ0n) is 16.2. The van der Waals surface area contributed by atoms with Crippen LogP contribution in [0, 0.1) is 18.3 Å². The summed E-state index contributed by atoms with van der Waals surface area (Å²) in [5.41, 5.74) is 7.66. The number of carbonyl (C=O) groups is 2. The lowest BCUT2D eigenvalue weighted by molar-refractivity contribution is -0.155. The van der Waals surface area contributed by atoms with E-state index in [0.29, 0.717) is 28.9 Å². The van der Waals surface area contributed by atoms with Crippen LogP contribution in [0.3, 0.4) is 0 Å². The first-order valence-electron chi connectivity index (χ1n) is 9.47. The average Bonchev–Trinajstić information content (AvgIpc) is 3.12. The number of rotatable bonds is 8. The van der Waals surface area contributed by atoms with Crippen LogP contribution < -0.4 is 10.9 Å². The van der Waals surface area contributed by atoms with Crippen LogP contribution in [-0.2, 0) is 9.59 Å². The summed E-state index contributed by atoms with van der Waals surface area (Å²) < 4.78 is 0. The van der Waals surface area contributed by atoms with E-state index in [-0.39, 0.29) is 23.8 Å². The fraction of sp³-hybridized carbons (Fsp3) is 0.526. The zero-order valence-corrected chi connectivity index (χ0v) is 16.2. The lowest BCUT2D eigenvalue weighted by atomic mass is 9.79. The number of hydroxylamine groups is 2. The van der Waals surface area contributed by atoms with E-state index in [4.69, 9.17) is 0 Å². The monoisotopic (exact) mass is 386 g/mol. The molecule has 1 aromatic heterocycles. The second-order valence-corrected chi connectivity index (χ2v) is 7.84. The van der Waals surface area contributed by atoms with Crippen molar-refractivity contribution in [3.8, 4) is 0 Å². The van der Waals surface area contributed by atoms with Crippen LogP contribution in [-0.4, -0.2) is 44.3 Å². The lowest BCUT2D eigenvalue weighted by Crippen LogP contribution is -2.42. The molecule has 1 aromatic carbocycles. The van der Waals surface area contributed by atoms with Gasteiger partial charge in [0, 0.05) is 0 Å². The first-order chi connectivity index (χ1) is 13.4. The molecule has 9 nitrogen and oxygen atoms in total. The molecule has 1 saturated carbocycles. The molecule has 1 fully saturated rings. The van der Waals surface area contributed by atoms with E-state index in [0.717, 1.165) is 31.2 Å². The van der Waals surface area contributed by atoms with Gasteiger partial charge in [-0.15, -0.1) is 10.2 Å². The Morgan fingerprint density at radius 3 is 2.82 bits per heavy atom. The van der Waals surface area contributed by atoms with Crippen molar-refractivity contribution in [2.45, 2.75) is 46.0 Å². The van der Waals surface area contributed by atoms with E-state index in [1.807, 2.05) is 25.1 Å². The van der Waals surface area contributed by atoms with Crippen molar-refractivity contribution in [1.82, 2.24) is 25.7 Å². The third-order valence-electron chi connectivity index (χ3n) is 5.43. The second kappa shape index (κ2) is 8.47. The van der Waals surface area contributed by atoms with Crippen LogP contribution in [0.1, 0.15) is 44.6 Å². The number of carbonyl (C=O) groups excluding carboxylic acids is 2. The highest BCUT2D eigenvalue weighted by Crippen LogP contribution is 2.42. The molecule has 9 heteroatoms. The summed E-state index contributed by atoms with van der Waals surface area (Å²) in [6, 6.07) is 5.62. The first-order valence-corrected chi connectivity index (χ1v) is 9.47. The molecular weight excluding hydrogens is 360 g/mol. The highest BCUT2D eigenvalue weighted by molar-refractivity contribution is 5.81. The maximum Gasteiger partial charge on any atom is 0.262 e. The number of benzene rings is 1. The summed E-state index contributed by atoms with van der Waals surface area (Å²) in [6.07, 6.45) is 5.23. The Hall–Kier alpha value is -2.81. The summed E-state index contributed by atoms with van der Waals surface area (Å²) in [6.45, 7) is 4.00. The van der Waals surface area contributed by atoms with E-state index >= 15 is 0 Å². The summed E-state index contributed by atoms with van der Waals surface area (Å²) in [5.74, 6) is -0.708. The Labute approximate surface area is 163 Å². The second-order valence-electron chi connectivity index (χ2n) is 7.84. The molecule has 0 radical (unpaired) electrons. The van der Waals surface area contributed by atoms with Crippen LogP contribution in [0.5, 0.6) is 0 Å². The summed E-state index contributed by atoms with van der Waals surface area (Å²) in [7, 11) is 0. The van der Waals surface area contributed by atoms with Crippen molar-refractivity contribution in [3.63, 3.8) is 0 Å². The number of anilines is 1. The molecule has 0 aliphatic heterocycles. The molecule has 2 aromatic rings. The lowest BCUT2D eigenvalue weighted by Gasteiger charge is -2.29. The van der Waals surface area contributed by atoms with Crippen LogP contribution in [0.2, 0.25) is 0 Å². The van der Waals surface area contributed by atoms with Crippen molar-refractivity contribution in [3.05, 3.63) is 23.8 Å². The highest BCUT2D eigenvalue weighted by atomic mass is 16.5. The topological polar surface area (TPSA) is 120 Å². The maximum atomic E-state index is 12.7. The number of hydrazine groups is 1. The molecule has 150 valence electrons. The minimum absolute atomic E-state index is 0.0316. The smallest absolute Gasteiger partial charge is 0.262 e. The number of fused-ring (bicyclic) bond motifs is 1. The van der Waals surface area contributed by atoms with Gasteiger partial charge in [-0.1, -0.05) is 31.9 Å². The molecule has 2 amide bonds. The van der Waals surface area contributed by atoms with Gasteiger partial charge in [-0.05, 0) is 43.2 Å². The number of para-hydroxylation sites is 1. The normalized spacial score (nSPS) is 16.5. The quantitative estimate of drug-likeness (QED) is 0.361. The molecular formula is C19H26N6O3. The van der Waals surface area contributed by atoms with Gasteiger partial charge >= 0.3 is 0 Å². The number of hydrogen-bond donors (Lipinski definition) is 3. The van der Waals surface area contributed by atoms with Gasteiger partial charge in [0.1, 0.15) is 5.52 Å². The number of hydrogen-bond acceptors (Lipinski definition) is 7. The summed E-state index contributed by atoms with van der Waals surface area (Å²) >= 11 is 0. The molecule has 3 rings (SSSR count). The predicted octanol–water partition coefficient (Wildman–Crippen LogP) is 2.21. The Kier molecular flexibility index (Phi) is 6.03. The number of aryl methyl sites for hydroxylation is 1. The Balaban J connectivity index is 1.68. The van der Waals surface area contributed by atoms with E-state index in [1.54, 1.807) is 0 Å². The SMILES string of the molecule is Cc1cccc2nnc(NNC(=O)C(CN(O)C=O)CC3(C)CCCC3)nc12. The molecule has 28 heavy (non-hydrogen) atoms. The van der Waals surface area contributed by atoms with Gasteiger partial charge in [0.05, 0.1) is 18.0 Å². The van der Waals surface area contributed by atoms with E-state index in [9.17, 15) is 14.8 Å². The van der Waals surface area contributed by atoms with Gasteiger partial charge in [-0.2, -0.15) is 0 Å². The maximum absolute atomic E-state index is 12.7. The van der Waals surface area contributed by atoms with Gasteiger partial charge in [0.2, 0.25) is 12.3 Å². The first kappa shape index (κ1) is 19.9. The standard InChI is InChI=1S/C19H26N6O3/c1-13-6-5-7-15-16(13)20-18(23-21-15)24-22-17(27)14(11-25(28)12-26)10-19(2)8-3-4-9-19/h5-7,12,14,28H,3-4,8-11H2,1-2H3,(H,22,27)(H,20,23,24). The van der Waals surface area contributed by atoms with Crippen LogP contribution >= 0.6 is 0 Å². The molecule has 1 aliphatic rings. The predicted molar refractivity (Wildman–Crippen MR) is 103 cm³/mol. The van der Waals surface area contributed by atoms with Gasteiger partial charge < -0.3 is 0 Å². The van der Waals surface area contributed by atoms with Crippen molar-refractivity contribution < 1.29 is 14.8 Å². The molecule has 1 heterocycles. The summed E-state index contributed by atoms with van der Waals surface area (Å²) in [4.78, 5) is 27.9. The highest BCUT2D eigenvalue weighted by Gasteiger charge is 2.35.